The number of hydrogen-bond donors (Lipinski definition) is 1. The Hall–Kier alpha value is -3.66. The fourth-order valence-corrected chi connectivity index (χ4v) is 6.36. The van der Waals surface area contributed by atoms with Crippen molar-refractivity contribution in [1.82, 2.24) is 19.9 Å². The van der Waals surface area contributed by atoms with E-state index in [1.807, 2.05) is 36.2 Å². The molecule has 3 atom stereocenters. The Labute approximate surface area is 250 Å². The van der Waals surface area contributed by atoms with Crippen LogP contribution >= 0.6 is 11.6 Å². The minimum atomic E-state index is -0.250. The van der Waals surface area contributed by atoms with Gasteiger partial charge >= 0.3 is 0 Å². The van der Waals surface area contributed by atoms with Crippen molar-refractivity contribution in [1.29, 1.82) is 0 Å². The molecule has 226 valence electrons. The molecular weight excluding hydrogens is 560 g/mol. The first-order valence-electron chi connectivity index (χ1n) is 14.5. The van der Waals surface area contributed by atoms with Gasteiger partial charge in [-0.05, 0) is 68.4 Å². The van der Waals surface area contributed by atoms with Crippen molar-refractivity contribution < 1.29 is 28.8 Å². The van der Waals surface area contributed by atoms with Crippen molar-refractivity contribution in [3.05, 3.63) is 52.3 Å². The van der Waals surface area contributed by atoms with Gasteiger partial charge in [-0.2, -0.15) is 0 Å². The second-order valence-corrected chi connectivity index (χ2v) is 11.5. The van der Waals surface area contributed by atoms with Crippen molar-refractivity contribution in [2.24, 2.45) is 11.8 Å². The van der Waals surface area contributed by atoms with E-state index in [4.69, 9.17) is 30.8 Å². The molecule has 3 aromatic rings. The van der Waals surface area contributed by atoms with Crippen LogP contribution < -0.4 is 4.74 Å². The summed E-state index contributed by atoms with van der Waals surface area (Å²) < 4.78 is 11.5. The number of benzene rings is 1. The summed E-state index contributed by atoms with van der Waals surface area (Å²) >= 11 is 6.56. The number of fused-ring (bicyclic) bond motifs is 2. The van der Waals surface area contributed by atoms with E-state index in [1.54, 1.807) is 11.1 Å². The quantitative estimate of drug-likeness (QED) is 0.381. The minimum absolute atomic E-state index is 0.0928. The Morgan fingerprint density at radius 1 is 1.17 bits per heavy atom. The molecular formula is C31H39ClN4O6. The predicted molar refractivity (Wildman–Crippen MR) is 158 cm³/mol. The van der Waals surface area contributed by atoms with Crippen LogP contribution in [-0.2, 0) is 27.4 Å². The largest absolute Gasteiger partial charge is 0.487 e. The maximum Gasteiger partial charge on any atom is 0.290 e. The molecule has 0 radical (unpaired) electrons. The Kier molecular flexibility index (Phi) is 10.8. The summed E-state index contributed by atoms with van der Waals surface area (Å²) in [7, 11) is 1.84. The number of carbonyl (C=O) groups excluding carboxylic acids is 2. The monoisotopic (exact) mass is 598 g/mol. The minimum Gasteiger partial charge on any atom is -0.487 e. The van der Waals surface area contributed by atoms with E-state index in [1.165, 1.54) is 6.42 Å². The highest BCUT2D eigenvalue weighted by Gasteiger charge is 2.37. The number of hydrogen-bond acceptors (Lipinski definition) is 7. The zero-order valence-electron chi connectivity index (χ0n) is 24.4. The lowest BCUT2D eigenvalue weighted by atomic mass is 9.79. The van der Waals surface area contributed by atoms with Crippen LogP contribution in [0, 0.1) is 11.8 Å². The van der Waals surface area contributed by atoms with Gasteiger partial charge in [0.05, 0.1) is 11.4 Å². The molecule has 2 aliphatic heterocycles. The van der Waals surface area contributed by atoms with Gasteiger partial charge < -0.3 is 24.2 Å². The number of rotatable bonds is 4. The Morgan fingerprint density at radius 3 is 2.60 bits per heavy atom. The van der Waals surface area contributed by atoms with Crippen LogP contribution in [0.2, 0.25) is 5.02 Å². The molecule has 0 bridgehead atoms. The van der Waals surface area contributed by atoms with Crippen LogP contribution in [0.5, 0.6) is 5.75 Å². The van der Waals surface area contributed by atoms with Crippen LogP contribution in [0.25, 0.3) is 11.1 Å². The third-order valence-corrected chi connectivity index (χ3v) is 8.81. The van der Waals surface area contributed by atoms with Crippen LogP contribution in [0.1, 0.15) is 75.2 Å². The number of carboxylic acid groups (broad SMARTS) is 1. The molecule has 4 heterocycles. The van der Waals surface area contributed by atoms with E-state index in [0.29, 0.717) is 29.8 Å². The first kappa shape index (κ1) is 31.3. The van der Waals surface area contributed by atoms with Crippen molar-refractivity contribution >= 4 is 41.0 Å². The molecule has 0 spiro atoms. The highest BCUT2D eigenvalue weighted by atomic mass is 35.5. The van der Waals surface area contributed by atoms with Gasteiger partial charge in [-0.1, -0.05) is 36.5 Å². The highest BCUT2D eigenvalue weighted by molar-refractivity contribution is 6.31. The number of likely N-dealkylation sites (tertiary alicyclic amines) is 1. The van der Waals surface area contributed by atoms with Gasteiger partial charge in [-0.3, -0.25) is 14.4 Å². The topological polar surface area (TPSA) is 126 Å². The fourth-order valence-electron chi connectivity index (χ4n) is 6.10. The number of aromatic nitrogens is 2. The third kappa shape index (κ3) is 7.03. The van der Waals surface area contributed by atoms with Crippen molar-refractivity contribution in [3.63, 3.8) is 0 Å². The summed E-state index contributed by atoms with van der Waals surface area (Å²) in [5, 5.41) is 12.6. The van der Waals surface area contributed by atoms with E-state index in [0.717, 1.165) is 72.4 Å². The molecule has 6 rings (SSSR count). The number of carbonyl (C=O) groups is 3. The molecule has 3 unspecified atom stereocenters. The summed E-state index contributed by atoms with van der Waals surface area (Å²) in [6, 6.07) is 7.46. The van der Waals surface area contributed by atoms with E-state index in [-0.39, 0.29) is 30.9 Å². The molecule has 11 heteroatoms. The number of pyridine rings is 1. The zero-order valence-corrected chi connectivity index (χ0v) is 25.2. The van der Waals surface area contributed by atoms with Gasteiger partial charge in [0.2, 0.25) is 11.8 Å². The standard InChI is InChI=1S/C25H28ClN3O3.C5H9NO.CH2O2/c1-15-6-3-4-7-17(15)25(30)29-13-11-18-20(26)9-10-22(23(18)16(29)2)31-14-21-19-8-5-12-27-24(19)32-28-21;1-6-4-2-3-5(6)7;2-1-3/h5,8-10,12,15-17H,3-4,6-7,11,13-14H2,1-2H3;2-4H2,1H3;1H,(H,2,3). The van der Waals surface area contributed by atoms with Gasteiger partial charge in [-0.15, -0.1) is 0 Å². The Morgan fingerprint density at radius 2 is 1.93 bits per heavy atom. The van der Waals surface area contributed by atoms with Crippen molar-refractivity contribution in [2.75, 3.05) is 20.1 Å². The van der Waals surface area contributed by atoms with E-state index < -0.39 is 0 Å². The van der Waals surface area contributed by atoms with Crippen LogP contribution in [0.15, 0.2) is 35.0 Å². The Balaban J connectivity index is 0.000000347. The Bertz CT molecular complexity index is 1400. The number of halogens is 1. The molecule has 2 aromatic heterocycles. The van der Waals surface area contributed by atoms with Gasteiger partial charge in [0.15, 0.2) is 0 Å². The normalized spacial score (nSPS) is 21.5. The molecule has 2 amide bonds. The maximum absolute atomic E-state index is 13.5. The van der Waals surface area contributed by atoms with Crippen LogP contribution in [-0.4, -0.2) is 63.5 Å². The molecule has 1 N–H and O–H groups in total. The molecule has 1 saturated heterocycles. The molecule has 1 saturated carbocycles. The average molecular weight is 599 g/mol. The maximum atomic E-state index is 13.5. The summed E-state index contributed by atoms with van der Waals surface area (Å²) in [6.07, 6.45) is 8.71. The average Bonchev–Trinajstić information content (AvgIpc) is 3.58. The van der Waals surface area contributed by atoms with Crippen LogP contribution in [0.3, 0.4) is 0 Å². The smallest absolute Gasteiger partial charge is 0.290 e. The molecule has 3 aliphatic rings. The van der Waals surface area contributed by atoms with Crippen molar-refractivity contribution in [2.45, 2.75) is 71.4 Å². The van der Waals surface area contributed by atoms with Gasteiger partial charge in [-0.25, -0.2) is 4.98 Å². The number of amides is 2. The molecule has 2 fully saturated rings. The van der Waals surface area contributed by atoms with Gasteiger partial charge in [0.25, 0.3) is 12.2 Å². The predicted octanol–water partition coefficient (Wildman–Crippen LogP) is 5.67. The first-order valence-corrected chi connectivity index (χ1v) is 14.9. The van der Waals surface area contributed by atoms with Crippen LogP contribution in [0.4, 0.5) is 0 Å². The number of ether oxygens (including phenoxy) is 1. The lowest BCUT2D eigenvalue weighted by Crippen LogP contribution is -2.44. The fraction of sp³-hybridized carbons (Fsp3) is 0.516. The molecule has 10 nitrogen and oxygen atoms in total. The summed E-state index contributed by atoms with van der Waals surface area (Å²) in [6.45, 7) is 5.96. The second kappa shape index (κ2) is 14.5. The van der Waals surface area contributed by atoms with E-state index in [2.05, 4.69) is 24.0 Å². The lowest BCUT2D eigenvalue weighted by molar-refractivity contribution is -0.141. The zero-order chi connectivity index (χ0) is 30.2. The van der Waals surface area contributed by atoms with Gasteiger partial charge in [0.1, 0.15) is 18.1 Å². The molecule has 1 aromatic carbocycles. The number of nitrogens with zero attached hydrogens (tertiary/aromatic N) is 4. The third-order valence-electron chi connectivity index (χ3n) is 8.46. The molecule has 42 heavy (non-hydrogen) atoms. The summed E-state index contributed by atoms with van der Waals surface area (Å²) in [4.78, 5) is 40.3. The van der Waals surface area contributed by atoms with E-state index >= 15 is 0 Å². The van der Waals surface area contributed by atoms with Gasteiger partial charge in [0, 0.05) is 49.3 Å². The molecule has 1 aliphatic carbocycles. The summed E-state index contributed by atoms with van der Waals surface area (Å²) in [5.41, 5.74) is 3.27. The van der Waals surface area contributed by atoms with E-state index in [9.17, 15) is 9.59 Å². The second-order valence-electron chi connectivity index (χ2n) is 11.1. The highest BCUT2D eigenvalue weighted by Crippen LogP contribution is 2.42. The summed E-state index contributed by atoms with van der Waals surface area (Å²) in [5.74, 6) is 1.86. The van der Waals surface area contributed by atoms with Crippen molar-refractivity contribution in [3.8, 4) is 5.75 Å². The SMILES string of the molecule is CC1CCCCC1C(=O)N1CCc2c(Cl)ccc(OCc3noc4ncccc34)c2C1C.CN1CCCC1=O.O=CO. The lowest BCUT2D eigenvalue weighted by Gasteiger charge is -2.40. The first-order chi connectivity index (χ1) is 20.3.